The number of aromatic carboxylic acids is 1. The molecule has 0 amide bonds. The van der Waals surface area contributed by atoms with Crippen LogP contribution < -0.4 is 4.90 Å². The molecule has 1 saturated carbocycles. The lowest BCUT2D eigenvalue weighted by Gasteiger charge is -2.20. The number of piperidine rings is 1. The van der Waals surface area contributed by atoms with Gasteiger partial charge in [0.2, 0.25) is 0 Å². The van der Waals surface area contributed by atoms with E-state index < -0.39 is 5.97 Å². The third-order valence-electron chi connectivity index (χ3n) is 4.82. The number of fused-ring (bicyclic) bond motifs is 1. The largest absolute Gasteiger partial charge is 0.478 e. The average Bonchev–Trinajstić information content (AvgIpc) is 2.98. The second-order valence-corrected chi connectivity index (χ2v) is 6.50. The van der Waals surface area contributed by atoms with Crippen molar-refractivity contribution in [3.8, 4) is 6.07 Å². The van der Waals surface area contributed by atoms with Crippen LogP contribution in [0.15, 0.2) is 24.5 Å². The minimum atomic E-state index is -1.00. The van der Waals surface area contributed by atoms with Crippen molar-refractivity contribution >= 4 is 11.8 Å². The van der Waals surface area contributed by atoms with E-state index in [0.717, 1.165) is 42.0 Å². The lowest BCUT2D eigenvalue weighted by molar-refractivity contribution is 0.0697. The predicted molar refractivity (Wildman–Crippen MR) is 85.7 cm³/mol. The molecule has 0 aromatic carbocycles. The van der Waals surface area contributed by atoms with Crippen LogP contribution in [-0.2, 0) is 13.0 Å². The van der Waals surface area contributed by atoms with Gasteiger partial charge in [-0.25, -0.2) is 9.78 Å². The van der Waals surface area contributed by atoms with Crippen LogP contribution >= 0.6 is 0 Å². The fourth-order valence-electron chi connectivity index (χ4n) is 3.39. The normalized spacial score (nSPS) is 21.4. The summed E-state index contributed by atoms with van der Waals surface area (Å²) in [5, 5.41) is 22.1. The highest BCUT2D eigenvalue weighted by molar-refractivity contribution is 5.86. The zero-order valence-electron chi connectivity index (χ0n) is 13.1. The van der Waals surface area contributed by atoms with Crippen LogP contribution in [-0.4, -0.2) is 38.9 Å². The fourth-order valence-corrected chi connectivity index (χ4v) is 3.39. The number of carbonyl (C=O) groups is 1. The van der Waals surface area contributed by atoms with Crippen molar-refractivity contribution in [2.24, 2.45) is 11.8 Å². The molecule has 0 spiro atoms. The molecule has 0 radical (unpaired) electrons. The fraction of sp³-hybridized carbons (Fsp3) is 0.412. The molecule has 24 heavy (non-hydrogen) atoms. The van der Waals surface area contributed by atoms with Gasteiger partial charge in [-0.2, -0.15) is 10.4 Å². The number of anilines is 1. The minimum Gasteiger partial charge on any atom is -0.478 e. The van der Waals surface area contributed by atoms with E-state index in [1.165, 1.54) is 18.8 Å². The Hall–Kier alpha value is -2.88. The number of hydrogen-bond acceptors (Lipinski definition) is 5. The lowest BCUT2D eigenvalue weighted by atomic mass is 10.1. The van der Waals surface area contributed by atoms with Gasteiger partial charge in [-0.3, -0.25) is 4.68 Å². The summed E-state index contributed by atoms with van der Waals surface area (Å²) in [7, 11) is 0. The SMILES string of the molecule is N#CCc1nc(N2CC3CC3C2)ccc1Cn1cc(C(=O)O)cn1. The van der Waals surface area contributed by atoms with Crippen molar-refractivity contribution in [2.45, 2.75) is 19.4 Å². The Bertz CT molecular complexity index is 828. The Morgan fingerprint density at radius 1 is 1.38 bits per heavy atom. The van der Waals surface area contributed by atoms with E-state index in [2.05, 4.69) is 21.1 Å². The van der Waals surface area contributed by atoms with Crippen LogP contribution in [0.5, 0.6) is 0 Å². The first-order chi connectivity index (χ1) is 11.6. The summed E-state index contributed by atoms with van der Waals surface area (Å²) in [6.45, 7) is 2.52. The maximum atomic E-state index is 10.9. The second-order valence-electron chi connectivity index (χ2n) is 6.50. The van der Waals surface area contributed by atoms with E-state index in [1.54, 1.807) is 4.68 Å². The maximum Gasteiger partial charge on any atom is 0.338 e. The molecule has 4 rings (SSSR count). The Morgan fingerprint density at radius 3 is 2.83 bits per heavy atom. The zero-order valence-corrected chi connectivity index (χ0v) is 13.1. The topological polar surface area (TPSA) is 95.0 Å². The van der Waals surface area contributed by atoms with Gasteiger partial charge in [0.05, 0.1) is 36.5 Å². The van der Waals surface area contributed by atoms with E-state index in [-0.39, 0.29) is 12.0 Å². The molecule has 2 aromatic heterocycles. The molecular weight excluding hydrogens is 306 g/mol. The third-order valence-corrected chi connectivity index (χ3v) is 4.82. The first-order valence-corrected chi connectivity index (χ1v) is 8.00. The van der Waals surface area contributed by atoms with Gasteiger partial charge in [-0.05, 0) is 29.9 Å². The van der Waals surface area contributed by atoms with E-state index in [9.17, 15) is 4.79 Å². The van der Waals surface area contributed by atoms with Gasteiger partial charge < -0.3 is 10.0 Å². The summed E-state index contributed by atoms with van der Waals surface area (Å²) in [6.07, 6.45) is 4.38. The summed E-state index contributed by atoms with van der Waals surface area (Å²) in [4.78, 5) is 17.9. The molecule has 1 aliphatic heterocycles. The number of carboxylic acid groups (broad SMARTS) is 1. The van der Waals surface area contributed by atoms with Gasteiger partial charge in [0.15, 0.2) is 0 Å². The highest BCUT2D eigenvalue weighted by atomic mass is 16.4. The lowest BCUT2D eigenvalue weighted by Crippen LogP contribution is -2.23. The summed E-state index contributed by atoms with van der Waals surface area (Å²) in [5.74, 6) is 1.58. The van der Waals surface area contributed by atoms with E-state index >= 15 is 0 Å². The number of aromatic nitrogens is 3. The van der Waals surface area contributed by atoms with Crippen LogP contribution in [0.4, 0.5) is 5.82 Å². The maximum absolute atomic E-state index is 10.9. The molecule has 2 fully saturated rings. The van der Waals surface area contributed by atoms with Gasteiger partial charge in [0.25, 0.3) is 0 Å². The van der Waals surface area contributed by atoms with Crippen LogP contribution in [0, 0.1) is 23.2 Å². The van der Waals surface area contributed by atoms with Crippen molar-refractivity contribution in [2.75, 3.05) is 18.0 Å². The quantitative estimate of drug-likeness (QED) is 0.897. The molecule has 3 heterocycles. The highest BCUT2D eigenvalue weighted by Crippen LogP contribution is 2.45. The molecule has 2 aliphatic rings. The summed E-state index contributed by atoms with van der Waals surface area (Å²) in [6, 6.07) is 6.13. The Kier molecular flexibility index (Phi) is 3.45. The van der Waals surface area contributed by atoms with E-state index in [4.69, 9.17) is 10.4 Å². The number of carboxylic acids is 1. The summed E-state index contributed by atoms with van der Waals surface area (Å²) >= 11 is 0. The molecule has 2 aromatic rings. The molecule has 2 unspecified atom stereocenters. The monoisotopic (exact) mass is 323 g/mol. The van der Waals surface area contributed by atoms with Gasteiger partial charge in [-0.15, -0.1) is 0 Å². The molecule has 1 N–H and O–H groups in total. The van der Waals surface area contributed by atoms with Gasteiger partial charge >= 0.3 is 5.97 Å². The highest BCUT2D eigenvalue weighted by Gasteiger charge is 2.45. The average molecular weight is 323 g/mol. The van der Waals surface area contributed by atoms with Crippen LogP contribution in [0.2, 0.25) is 0 Å². The van der Waals surface area contributed by atoms with Crippen molar-refractivity contribution in [1.82, 2.24) is 14.8 Å². The molecule has 7 nitrogen and oxygen atoms in total. The van der Waals surface area contributed by atoms with E-state index in [1.807, 2.05) is 12.1 Å². The third kappa shape index (κ3) is 2.71. The van der Waals surface area contributed by atoms with Crippen LogP contribution in [0.1, 0.15) is 28.0 Å². The van der Waals surface area contributed by atoms with E-state index in [0.29, 0.717) is 6.54 Å². The molecule has 7 heteroatoms. The van der Waals surface area contributed by atoms with Crippen molar-refractivity contribution in [3.05, 3.63) is 41.3 Å². The van der Waals surface area contributed by atoms with Crippen LogP contribution in [0.25, 0.3) is 0 Å². The molecule has 1 saturated heterocycles. The number of nitriles is 1. The number of nitrogens with zero attached hydrogens (tertiary/aromatic N) is 5. The molecular formula is C17H17N5O2. The smallest absolute Gasteiger partial charge is 0.338 e. The van der Waals surface area contributed by atoms with Crippen molar-refractivity contribution in [1.29, 1.82) is 5.26 Å². The van der Waals surface area contributed by atoms with Gasteiger partial charge in [0.1, 0.15) is 5.82 Å². The zero-order chi connectivity index (χ0) is 16.7. The first-order valence-electron chi connectivity index (χ1n) is 8.00. The van der Waals surface area contributed by atoms with Crippen molar-refractivity contribution in [3.63, 3.8) is 0 Å². The Balaban J connectivity index is 1.57. The van der Waals surface area contributed by atoms with Gasteiger partial charge in [-0.1, -0.05) is 6.07 Å². The summed E-state index contributed by atoms with van der Waals surface area (Å²) < 4.78 is 1.56. The predicted octanol–water partition coefficient (Wildman–Crippen LogP) is 1.55. The van der Waals surface area contributed by atoms with Crippen molar-refractivity contribution < 1.29 is 9.90 Å². The summed E-state index contributed by atoms with van der Waals surface area (Å²) in [5.41, 5.74) is 1.78. The molecule has 0 bridgehead atoms. The number of hydrogen-bond donors (Lipinski definition) is 1. The molecule has 2 atom stereocenters. The number of pyridine rings is 1. The molecule has 1 aliphatic carbocycles. The Morgan fingerprint density at radius 2 is 2.17 bits per heavy atom. The molecule has 122 valence electrons. The minimum absolute atomic E-state index is 0.151. The van der Waals surface area contributed by atoms with Gasteiger partial charge in [0, 0.05) is 19.3 Å². The standard InChI is InChI=1S/C17H17N5O2/c18-4-3-15-11(9-22-10-14(6-19-22)17(23)24)1-2-16(20-15)21-7-12-5-13(12)8-21/h1-2,6,10,12-13H,3,5,7-9H2,(H,23,24). The number of rotatable bonds is 5. The first kappa shape index (κ1) is 14.7. The second kappa shape index (κ2) is 5.64. The van der Waals surface area contributed by atoms with Crippen LogP contribution in [0.3, 0.4) is 0 Å². The Labute approximate surface area is 139 Å².